The van der Waals surface area contributed by atoms with E-state index in [4.69, 9.17) is 0 Å². The lowest BCUT2D eigenvalue weighted by Gasteiger charge is -2.07. The van der Waals surface area contributed by atoms with Crippen molar-refractivity contribution in [3.05, 3.63) is 64.2 Å². The van der Waals surface area contributed by atoms with Crippen molar-refractivity contribution in [1.82, 2.24) is 9.97 Å². The van der Waals surface area contributed by atoms with E-state index in [1.165, 1.54) is 25.3 Å². The Morgan fingerprint density at radius 2 is 1.95 bits per heavy atom. The summed E-state index contributed by atoms with van der Waals surface area (Å²) in [6.45, 7) is 0. The molecule has 0 radical (unpaired) electrons. The Kier molecular flexibility index (Phi) is 3.42. The lowest BCUT2D eigenvalue weighted by atomic mass is 10.1. The molecule has 0 bridgehead atoms. The first-order chi connectivity index (χ1) is 10.6. The predicted octanol–water partition coefficient (Wildman–Crippen LogP) is 2.52. The van der Waals surface area contributed by atoms with Gasteiger partial charge in [0.25, 0.3) is 5.56 Å². The van der Waals surface area contributed by atoms with Crippen LogP contribution < -0.4 is 5.56 Å². The minimum Gasteiger partial charge on any atom is -0.465 e. The number of halogens is 1. The van der Waals surface area contributed by atoms with E-state index < -0.39 is 11.8 Å². The van der Waals surface area contributed by atoms with Gasteiger partial charge < -0.3 is 9.72 Å². The quantitative estimate of drug-likeness (QED) is 0.738. The zero-order chi connectivity index (χ0) is 15.7. The van der Waals surface area contributed by atoms with Crippen LogP contribution in [0.3, 0.4) is 0 Å². The van der Waals surface area contributed by atoms with Crippen molar-refractivity contribution in [1.29, 1.82) is 0 Å². The fourth-order valence-corrected chi connectivity index (χ4v) is 2.20. The average Bonchev–Trinajstić information content (AvgIpc) is 2.54. The first kappa shape index (κ1) is 13.9. The average molecular weight is 298 g/mol. The van der Waals surface area contributed by atoms with Crippen molar-refractivity contribution >= 4 is 16.9 Å². The zero-order valence-electron chi connectivity index (χ0n) is 11.6. The van der Waals surface area contributed by atoms with Gasteiger partial charge in [0.2, 0.25) is 0 Å². The van der Waals surface area contributed by atoms with Gasteiger partial charge in [0.15, 0.2) is 0 Å². The molecule has 110 valence electrons. The number of methoxy groups -OCH3 is 1. The number of fused-ring (bicyclic) bond motifs is 1. The summed E-state index contributed by atoms with van der Waals surface area (Å²) >= 11 is 0. The molecule has 1 heterocycles. The summed E-state index contributed by atoms with van der Waals surface area (Å²) in [6, 6.07) is 11.0. The van der Waals surface area contributed by atoms with Crippen LogP contribution in [0.5, 0.6) is 0 Å². The summed E-state index contributed by atoms with van der Waals surface area (Å²) in [4.78, 5) is 30.4. The number of esters is 1. The molecular formula is C16H11FN2O3. The van der Waals surface area contributed by atoms with Crippen molar-refractivity contribution < 1.29 is 13.9 Å². The maximum Gasteiger partial charge on any atom is 0.340 e. The number of aromatic amines is 1. The van der Waals surface area contributed by atoms with Gasteiger partial charge in [-0.2, -0.15) is 0 Å². The number of nitrogens with zero attached hydrogens (tertiary/aromatic N) is 1. The maximum atomic E-state index is 14.5. The molecule has 1 N–H and O–H groups in total. The molecule has 6 heteroatoms. The summed E-state index contributed by atoms with van der Waals surface area (Å²) in [7, 11) is 1.17. The van der Waals surface area contributed by atoms with Crippen molar-refractivity contribution in [2.45, 2.75) is 0 Å². The molecule has 0 saturated heterocycles. The number of nitrogens with one attached hydrogen (secondary N) is 1. The smallest absolute Gasteiger partial charge is 0.340 e. The van der Waals surface area contributed by atoms with Crippen molar-refractivity contribution in [3.63, 3.8) is 0 Å². The third-order valence-corrected chi connectivity index (χ3v) is 3.27. The number of benzene rings is 2. The van der Waals surface area contributed by atoms with Gasteiger partial charge >= 0.3 is 5.97 Å². The van der Waals surface area contributed by atoms with Gasteiger partial charge in [-0.3, -0.25) is 4.79 Å². The summed E-state index contributed by atoms with van der Waals surface area (Å²) in [5, 5.41) is 0.413. The normalized spacial score (nSPS) is 10.6. The monoisotopic (exact) mass is 298 g/mol. The van der Waals surface area contributed by atoms with Crippen molar-refractivity contribution in [3.8, 4) is 11.4 Å². The highest BCUT2D eigenvalue weighted by Crippen LogP contribution is 2.23. The Balaban J connectivity index is 2.24. The Hall–Kier alpha value is -3.02. The molecule has 5 nitrogen and oxygen atoms in total. The van der Waals surface area contributed by atoms with E-state index in [-0.39, 0.29) is 22.5 Å². The summed E-state index contributed by atoms with van der Waals surface area (Å²) in [5.41, 5.74) is -0.103. The molecule has 0 aliphatic heterocycles. The second kappa shape index (κ2) is 5.40. The molecule has 1 aromatic heterocycles. The number of carbonyl (C=O) groups excluding carboxylic acids is 1. The van der Waals surface area contributed by atoms with Crippen LogP contribution in [0, 0.1) is 5.82 Å². The molecule has 0 aliphatic carbocycles. The molecule has 3 rings (SSSR count). The first-order valence-electron chi connectivity index (χ1n) is 6.48. The minimum absolute atomic E-state index is 0.0331. The molecule has 0 amide bonds. The molecule has 22 heavy (non-hydrogen) atoms. The number of carbonyl (C=O) groups is 1. The lowest BCUT2D eigenvalue weighted by Crippen LogP contribution is -2.11. The first-order valence-corrected chi connectivity index (χ1v) is 6.48. The van der Waals surface area contributed by atoms with Gasteiger partial charge in [-0.15, -0.1) is 0 Å². The lowest BCUT2D eigenvalue weighted by molar-refractivity contribution is 0.0595. The number of aromatic nitrogens is 2. The van der Waals surface area contributed by atoms with Gasteiger partial charge in [-0.05, 0) is 24.3 Å². The van der Waals surface area contributed by atoms with Crippen LogP contribution in [0.1, 0.15) is 10.4 Å². The van der Waals surface area contributed by atoms with Crippen LogP contribution in [0.4, 0.5) is 4.39 Å². The van der Waals surface area contributed by atoms with Crippen LogP contribution in [-0.4, -0.2) is 23.0 Å². The summed E-state index contributed by atoms with van der Waals surface area (Å²) < 4.78 is 19.0. The number of hydrogen-bond acceptors (Lipinski definition) is 4. The van der Waals surface area contributed by atoms with Gasteiger partial charge in [-0.1, -0.05) is 18.2 Å². The second-order valence-electron chi connectivity index (χ2n) is 4.59. The van der Waals surface area contributed by atoms with Gasteiger partial charge in [0.05, 0.1) is 29.1 Å². The molecule has 0 atom stereocenters. The van der Waals surface area contributed by atoms with Crippen molar-refractivity contribution in [2.24, 2.45) is 0 Å². The van der Waals surface area contributed by atoms with E-state index in [2.05, 4.69) is 14.7 Å². The van der Waals surface area contributed by atoms with Gasteiger partial charge in [0.1, 0.15) is 11.6 Å². The van der Waals surface area contributed by atoms with E-state index in [9.17, 15) is 14.0 Å². The molecule has 0 fully saturated rings. The highest BCUT2D eigenvalue weighted by molar-refractivity contribution is 5.91. The molecule has 2 aromatic carbocycles. The molecule has 0 spiro atoms. The van der Waals surface area contributed by atoms with Crippen LogP contribution in [0.25, 0.3) is 22.3 Å². The fraction of sp³-hybridized carbons (Fsp3) is 0.0625. The topological polar surface area (TPSA) is 72.0 Å². The maximum absolute atomic E-state index is 14.5. The molecular weight excluding hydrogens is 287 g/mol. The summed E-state index contributed by atoms with van der Waals surface area (Å²) in [6.07, 6.45) is 0. The van der Waals surface area contributed by atoms with Gasteiger partial charge in [0, 0.05) is 0 Å². The van der Waals surface area contributed by atoms with Gasteiger partial charge in [-0.25, -0.2) is 14.2 Å². The Morgan fingerprint density at radius 1 is 1.18 bits per heavy atom. The number of hydrogen-bond donors (Lipinski definition) is 1. The Morgan fingerprint density at radius 3 is 2.73 bits per heavy atom. The molecule has 0 saturated carbocycles. The van der Waals surface area contributed by atoms with E-state index in [0.29, 0.717) is 10.9 Å². The van der Waals surface area contributed by atoms with Crippen LogP contribution in [0.2, 0.25) is 0 Å². The fourth-order valence-electron chi connectivity index (χ4n) is 2.20. The minimum atomic E-state index is -0.789. The number of ether oxygens (including phenoxy) is 1. The number of para-hydroxylation sites is 1. The zero-order valence-corrected chi connectivity index (χ0v) is 11.6. The van der Waals surface area contributed by atoms with Crippen LogP contribution in [0.15, 0.2) is 47.3 Å². The molecule has 3 aromatic rings. The molecule has 0 unspecified atom stereocenters. The van der Waals surface area contributed by atoms with Crippen LogP contribution >= 0.6 is 0 Å². The predicted molar refractivity (Wildman–Crippen MR) is 79.1 cm³/mol. The Labute approximate surface area is 124 Å². The SMILES string of the molecule is COC(=O)c1cccc(-c2nc3ccccc3c(=O)[nH]2)c1F. The number of rotatable bonds is 2. The number of H-pyrrole nitrogens is 1. The highest BCUT2D eigenvalue weighted by Gasteiger charge is 2.18. The Bertz CT molecular complexity index is 934. The van der Waals surface area contributed by atoms with E-state index >= 15 is 0 Å². The standard InChI is InChI=1S/C16H11FN2O3/c1-22-16(21)11-7-4-6-10(13(11)17)14-18-12-8-3-2-5-9(12)15(20)19-14/h2-8H,1H3,(H,18,19,20). The third kappa shape index (κ3) is 2.24. The van der Waals surface area contributed by atoms with Crippen LogP contribution in [-0.2, 0) is 4.74 Å². The largest absolute Gasteiger partial charge is 0.465 e. The molecule has 0 aliphatic rings. The van der Waals surface area contributed by atoms with E-state index in [1.807, 2.05) is 0 Å². The van der Waals surface area contributed by atoms with E-state index in [0.717, 1.165) is 0 Å². The highest BCUT2D eigenvalue weighted by atomic mass is 19.1. The third-order valence-electron chi connectivity index (χ3n) is 3.27. The van der Waals surface area contributed by atoms with E-state index in [1.54, 1.807) is 24.3 Å². The summed E-state index contributed by atoms with van der Waals surface area (Å²) in [5.74, 6) is -1.51. The van der Waals surface area contributed by atoms with Crippen molar-refractivity contribution in [2.75, 3.05) is 7.11 Å². The second-order valence-corrected chi connectivity index (χ2v) is 4.59.